The lowest BCUT2D eigenvalue weighted by atomic mass is 10.1. The van der Waals surface area contributed by atoms with Crippen molar-refractivity contribution >= 4 is 22.4 Å². The van der Waals surface area contributed by atoms with E-state index in [1.807, 2.05) is 42.5 Å². The van der Waals surface area contributed by atoms with Gasteiger partial charge in [-0.1, -0.05) is 24.3 Å². The molecule has 0 amide bonds. The first kappa shape index (κ1) is 15.8. The van der Waals surface area contributed by atoms with Gasteiger partial charge in [0.2, 0.25) is 0 Å². The Morgan fingerprint density at radius 2 is 1.92 bits per heavy atom. The molecule has 3 aromatic rings. The van der Waals surface area contributed by atoms with Crippen LogP contribution in [0.25, 0.3) is 10.8 Å². The molecule has 0 aliphatic rings. The Morgan fingerprint density at radius 3 is 2.71 bits per heavy atom. The van der Waals surface area contributed by atoms with E-state index in [4.69, 9.17) is 10.5 Å². The van der Waals surface area contributed by atoms with Crippen LogP contribution in [-0.4, -0.2) is 24.7 Å². The maximum atomic E-state index is 11.5. The summed E-state index contributed by atoms with van der Waals surface area (Å²) in [6.45, 7) is 0.485. The fourth-order valence-electron chi connectivity index (χ4n) is 2.55. The molecule has 122 valence electrons. The number of rotatable bonds is 5. The number of nitrogen functional groups attached to an aromatic ring is 1. The molecule has 0 unspecified atom stereocenters. The van der Waals surface area contributed by atoms with Gasteiger partial charge in [-0.25, -0.2) is 9.78 Å². The lowest BCUT2D eigenvalue weighted by Crippen LogP contribution is -2.07. The van der Waals surface area contributed by atoms with Gasteiger partial charge in [-0.15, -0.1) is 0 Å². The molecule has 2 aromatic carbocycles. The number of carbonyl (C=O) groups excluding carboxylic acids is 1. The average molecular weight is 322 g/mol. The standard InChI is InChI=1S/C19H18N2O3/c1-23-19(22)17-12-13(8-10-21-17)9-11-24-18-7-6-16(20)14-4-2-3-5-15(14)18/h2-8,10,12H,9,11,20H2,1H3. The molecule has 2 N–H and O–H groups in total. The predicted octanol–water partition coefficient (Wildman–Crippen LogP) is 3.23. The molecular formula is C19H18N2O3. The molecule has 0 aliphatic heterocycles. The summed E-state index contributed by atoms with van der Waals surface area (Å²) >= 11 is 0. The van der Waals surface area contributed by atoms with Crippen LogP contribution in [0.2, 0.25) is 0 Å². The number of aromatic nitrogens is 1. The highest BCUT2D eigenvalue weighted by molar-refractivity contribution is 5.97. The molecule has 0 saturated heterocycles. The van der Waals surface area contributed by atoms with Gasteiger partial charge in [0, 0.05) is 29.1 Å². The highest BCUT2D eigenvalue weighted by Gasteiger charge is 2.08. The summed E-state index contributed by atoms with van der Waals surface area (Å²) in [4.78, 5) is 15.5. The second-order valence-electron chi connectivity index (χ2n) is 5.34. The largest absolute Gasteiger partial charge is 0.493 e. The molecule has 0 saturated carbocycles. The molecule has 0 spiro atoms. The van der Waals surface area contributed by atoms with Crippen LogP contribution < -0.4 is 10.5 Å². The minimum atomic E-state index is -0.442. The number of nitrogens with zero attached hydrogens (tertiary/aromatic N) is 1. The van der Waals surface area contributed by atoms with E-state index in [-0.39, 0.29) is 0 Å². The third-order valence-electron chi connectivity index (χ3n) is 3.78. The Labute approximate surface area is 140 Å². The number of pyridine rings is 1. The molecule has 0 bridgehead atoms. The van der Waals surface area contributed by atoms with E-state index in [2.05, 4.69) is 9.72 Å². The number of benzene rings is 2. The van der Waals surface area contributed by atoms with Crippen molar-refractivity contribution in [3.63, 3.8) is 0 Å². The molecule has 5 nitrogen and oxygen atoms in total. The maximum absolute atomic E-state index is 11.5. The van der Waals surface area contributed by atoms with Crippen LogP contribution in [0, 0.1) is 0 Å². The highest BCUT2D eigenvalue weighted by Crippen LogP contribution is 2.29. The summed E-state index contributed by atoms with van der Waals surface area (Å²) in [6, 6.07) is 15.2. The van der Waals surface area contributed by atoms with Crippen LogP contribution in [0.1, 0.15) is 16.1 Å². The maximum Gasteiger partial charge on any atom is 0.356 e. The van der Waals surface area contributed by atoms with E-state index in [1.54, 1.807) is 12.3 Å². The summed E-state index contributed by atoms with van der Waals surface area (Å²) in [6.07, 6.45) is 2.26. The van der Waals surface area contributed by atoms with Crippen LogP contribution in [-0.2, 0) is 11.2 Å². The van der Waals surface area contributed by atoms with Crippen LogP contribution >= 0.6 is 0 Å². The van der Waals surface area contributed by atoms with E-state index in [9.17, 15) is 4.79 Å². The Balaban J connectivity index is 1.71. The molecule has 1 heterocycles. The molecule has 0 atom stereocenters. The fourth-order valence-corrected chi connectivity index (χ4v) is 2.55. The molecule has 1 aromatic heterocycles. The smallest absolute Gasteiger partial charge is 0.356 e. The molecule has 24 heavy (non-hydrogen) atoms. The van der Waals surface area contributed by atoms with E-state index >= 15 is 0 Å². The SMILES string of the molecule is COC(=O)c1cc(CCOc2ccc(N)c3ccccc23)ccn1. The first-order chi connectivity index (χ1) is 11.7. The lowest BCUT2D eigenvalue weighted by Gasteiger charge is -2.11. The van der Waals surface area contributed by atoms with Crippen molar-refractivity contribution in [2.24, 2.45) is 0 Å². The van der Waals surface area contributed by atoms with Gasteiger partial charge in [-0.2, -0.15) is 0 Å². The topological polar surface area (TPSA) is 74.4 Å². The molecule has 5 heteroatoms. The normalized spacial score (nSPS) is 10.5. The third-order valence-corrected chi connectivity index (χ3v) is 3.78. The van der Waals surface area contributed by atoms with Crippen molar-refractivity contribution < 1.29 is 14.3 Å². The Hall–Kier alpha value is -3.08. The lowest BCUT2D eigenvalue weighted by molar-refractivity contribution is 0.0594. The Morgan fingerprint density at radius 1 is 1.12 bits per heavy atom. The van der Waals surface area contributed by atoms with Crippen LogP contribution in [0.4, 0.5) is 5.69 Å². The first-order valence-corrected chi connectivity index (χ1v) is 7.62. The van der Waals surface area contributed by atoms with E-state index in [0.717, 1.165) is 27.8 Å². The van der Waals surface area contributed by atoms with Crippen molar-refractivity contribution in [2.45, 2.75) is 6.42 Å². The Kier molecular flexibility index (Phi) is 4.61. The van der Waals surface area contributed by atoms with Gasteiger partial charge < -0.3 is 15.2 Å². The summed E-state index contributed by atoms with van der Waals surface area (Å²) in [5.74, 6) is 0.351. The van der Waals surface area contributed by atoms with Crippen molar-refractivity contribution in [1.82, 2.24) is 4.98 Å². The van der Waals surface area contributed by atoms with Gasteiger partial charge in [-0.3, -0.25) is 0 Å². The van der Waals surface area contributed by atoms with Gasteiger partial charge in [0.25, 0.3) is 0 Å². The van der Waals surface area contributed by atoms with Crippen LogP contribution in [0.5, 0.6) is 5.75 Å². The Bertz CT molecular complexity index is 877. The number of carbonyl (C=O) groups is 1. The average Bonchev–Trinajstić information content (AvgIpc) is 2.63. The molecule has 0 fully saturated rings. The third kappa shape index (κ3) is 3.30. The zero-order chi connectivity index (χ0) is 16.9. The second kappa shape index (κ2) is 7.00. The number of methoxy groups -OCH3 is 1. The summed E-state index contributed by atoms with van der Waals surface area (Å²) in [5.41, 5.74) is 7.99. The van der Waals surface area contributed by atoms with Gasteiger partial charge in [0.05, 0.1) is 13.7 Å². The zero-order valence-corrected chi connectivity index (χ0v) is 13.4. The van der Waals surface area contributed by atoms with Crippen LogP contribution in [0.15, 0.2) is 54.7 Å². The van der Waals surface area contributed by atoms with E-state index < -0.39 is 5.97 Å². The molecule has 3 rings (SSSR count). The number of anilines is 1. The van der Waals surface area contributed by atoms with Gasteiger partial charge in [0.15, 0.2) is 0 Å². The first-order valence-electron chi connectivity index (χ1n) is 7.62. The van der Waals surface area contributed by atoms with Crippen LogP contribution in [0.3, 0.4) is 0 Å². The summed E-state index contributed by atoms with van der Waals surface area (Å²) in [7, 11) is 1.34. The number of esters is 1. The van der Waals surface area contributed by atoms with Crippen molar-refractivity contribution in [2.75, 3.05) is 19.5 Å². The van der Waals surface area contributed by atoms with Crippen molar-refractivity contribution in [1.29, 1.82) is 0 Å². The number of fused-ring (bicyclic) bond motifs is 1. The number of hydrogen-bond acceptors (Lipinski definition) is 5. The zero-order valence-electron chi connectivity index (χ0n) is 13.4. The number of nitrogens with two attached hydrogens (primary N) is 1. The van der Waals surface area contributed by atoms with Crippen molar-refractivity contribution in [3.8, 4) is 5.75 Å². The second-order valence-corrected chi connectivity index (χ2v) is 5.34. The highest BCUT2D eigenvalue weighted by atomic mass is 16.5. The van der Waals surface area contributed by atoms with Gasteiger partial charge >= 0.3 is 5.97 Å². The molecule has 0 radical (unpaired) electrons. The van der Waals surface area contributed by atoms with E-state index in [0.29, 0.717) is 18.7 Å². The van der Waals surface area contributed by atoms with Crippen molar-refractivity contribution in [3.05, 3.63) is 66.0 Å². The quantitative estimate of drug-likeness (QED) is 0.576. The van der Waals surface area contributed by atoms with E-state index in [1.165, 1.54) is 7.11 Å². The summed E-state index contributed by atoms with van der Waals surface area (Å²) < 4.78 is 10.6. The molecular weight excluding hydrogens is 304 g/mol. The van der Waals surface area contributed by atoms with Gasteiger partial charge in [-0.05, 0) is 29.8 Å². The monoisotopic (exact) mass is 322 g/mol. The fraction of sp³-hybridized carbons (Fsp3) is 0.158. The minimum Gasteiger partial charge on any atom is -0.493 e. The summed E-state index contributed by atoms with van der Waals surface area (Å²) in [5, 5.41) is 1.97. The van der Waals surface area contributed by atoms with Gasteiger partial charge in [0.1, 0.15) is 11.4 Å². The molecule has 0 aliphatic carbocycles. The minimum absolute atomic E-state index is 0.299. The number of hydrogen-bond donors (Lipinski definition) is 1. The number of ether oxygens (including phenoxy) is 2. The predicted molar refractivity (Wildman–Crippen MR) is 93.1 cm³/mol.